The van der Waals surface area contributed by atoms with Crippen LogP contribution in [0.1, 0.15) is 12.5 Å². The summed E-state index contributed by atoms with van der Waals surface area (Å²) in [7, 11) is 1.62. The van der Waals surface area contributed by atoms with E-state index in [2.05, 4.69) is 10.2 Å². The van der Waals surface area contributed by atoms with E-state index >= 15 is 0 Å². The van der Waals surface area contributed by atoms with Crippen molar-refractivity contribution in [2.45, 2.75) is 12.5 Å². The molecule has 0 bridgehead atoms. The van der Waals surface area contributed by atoms with Gasteiger partial charge in [0.2, 0.25) is 0 Å². The van der Waals surface area contributed by atoms with Crippen molar-refractivity contribution in [3.63, 3.8) is 0 Å². The van der Waals surface area contributed by atoms with E-state index in [9.17, 15) is 4.79 Å². The number of methoxy groups -OCH3 is 1. The zero-order valence-electron chi connectivity index (χ0n) is 12.8. The van der Waals surface area contributed by atoms with Crippen LogP contribution in [0.4, 0.5) is 0 Å². The first-order valence-corrected chi connectivity index (χ1v) is 7.43. The molecule has 1 fully saturated rings. The Labute approximate surface area is 126 Å². The fourth-order valence-electron chi connectivity index (χ4n) is 2.88. The van der Waals surface area contributed by atoms with Crippen LogP contribution in [0, 0.1) is 0 Å². The summed E-state index contributed by atoms with van der Waals surface area (Å²) in [6.07, 6.45) is 0. The first-order chi connectivity index (χ1) is 10.3. The number of carbonyl (C=O) groups excluding carboxylic acids is 1. The van der Waals surface area contributed by atoms with E-state index in [1.165, 1.54) is 0 Å². The van der Waals surface area contributed by atoms with Gasteiger partial charge in [0, 0.05) is 33.3 Å². The minimum Gasteiger partial charge on any atom is -0.464 e. The lowest BCUT2D eigenvalue weighted by atomic mass is 9.88. The van der Waals surface area contributed by atoms with Crippen LogP contribution in [0.3, 0.4) is 0 Å². The van der Waals surface area contributed by atoms with Gasteiger partial charge in [0.15, 0.2) is 5.54 Å². The Kier molecular flexibility index (Phi) is 5.73. The topological polar surface area (TPSA) is 50.8 Å². The van der Waals surface area contributed by atoms with Crippen LogP contribution in [0.2, 0.25) is 0 Å². The number of esters is 1. The number of nitrogens with zero attached hydrogens (tertiary/aromatic N) is 1. The molecular weight excluding hydrogens is 268 g/mol. The predicted molar refractivity (Wildman–Crippen MR) is 81.1 cm³/mol. The Morgan fingerprint density at radius 1 is 1.29 bits per heavy atom. The molecule has 116 valence electrons. The van der Waals surface area contributed by atoms with Gasteiger partial charge in [-0.3, -0.25) is 4.90 Å². The smallest absolute Gasteiger partial charge is 0.333 e. The van der Waals surface area contributed by atoms with Crippen LogP contribution in [-0.4, -0.2) is 57.4 Å². The van der Waals surface area contributed by atoms with Gasteiger partial charge in [0.25, 0.3) is 0 Å². The second-order valence-corrected chi connectivity index (χ2v) is 5.12. The van der Waals surface area contributed by atoms with Crippen molar-refractivity contribution < 1.29 is 14.3 Å². The lowest BCUT2D eigenvalue weighted by molar-refractivity contribution is -0.164. The van der Waals surface area contributed by atoms with Crippen molar-refractivity contribution in [3.05, 3.63) is 35.9 Å². The van der Waals surface area contributed by atoms with Crippen LogP contribution in [0.25, 0.3) is 0 Å². The largest absolute Gasteiger partial charge is 0.464 e. The summed E-state index contributed by atoms with van der Waals surface area (Å²) in [5, 5.41) is 3.32. The quantitative estimate of drug-likeness (QED) is 0.793. The Balaban J connectivity index is 2.45. The van der Waals surface area contributed by atoms with Gasteiger partial charge in [-0.25, -0.2) is 4.79 Å². The molecule has 0 spiro atoms. The lowest BCUT2D eigenvalue weighted by Crippen LogP contribution is -2.60. The summed E-state index contributed by atoms with van der Waals surface area (Å²) in [6.45, 7) is 5.78. The monoisotopic (exact) mass is 292 g/mol. The molecule has 1 atom stereocenters. The minimum absolute atomic E-state index is 0.236. The third kappa shape index (κ3) is 3.26. The third-order valence-corrected chi connectivity index (χ3v) is 3.87. The number of rotatable bonds is 6. The van der Waals surface area contributed by atoms with E-state index in [1.807, 2.05) is 37.3 Å². The Morgan fingerprint density at radius 3 is 2.52 bits per heavy atom. The van der Waals surface area contributed by atoms with E-state index < -0.39 is 5.54 Å². The van der Waals surface area contributed by atoms with Crippen molar-refractivity contribution >= 4 is 5.97 Å². The standard InChI is InChI=1S/C16H24N2O3/c1-3-21-15(19)16(13-20-2,14-7-5-4-6-8-14)18-11-9-17-10-12-18/h4-8,17H,3,9-13H2,1-2H3. The van der Waals surface area contributed by atoms with Gasteiger partial charge in [-0.2, -0.15) is 0 Å². The van der Waals surface area contributed by atoms with Crippen LogP contribution in [0.15, 0.2) is 30.3 Å². The summed E-state index contributed by atoms with van der Waals surface area (Å²) in [6, 6.07) is 9.78. The first-order valence-electron chi connectivity index (χ1n) is 7.43. The molecule has 1 aliphatic rings. The molecule has 1 aromatic carbocycles. The molecular formula is C16H24N2O3. The molecule has 1 saturated heterocycles. The molecule has 0 aromatic heterocycles. The highest BCUT2D eigenvalue weighted by atomic mass is 16.5. The molecule has 5 heteroatoms. The molecule has 0 amide bonds. The second kappa shape index (κ2) is 7.54. The zero-order valence-corrected chi connectivity index (χ0v) is 12.8. The van der Waals surface area contributed by atoms with Gasteiger partial charge in [-0.1, -0.05) is 30.3 Å². The molecule has 1 heterocycles. The van der Waals surface area contributed by atoms with Crippen molar-refractivity contribution in [2.75, 3.05) is 46.5 Å². The number of piperazine rings is 1. The van der Waals surface area contributed by atoms with Gasteiger partial charge in [-0.15, -0.1) is 0 Å². The molecule has 0 aliphatic carbocycles. The molecule has 0 radical (unpaired) electrons. The minimum atomic E-state index is -0.867. The van der Waals surface area contributed by atoms with Crippen molar-refractivity contribution in [1.82, 2.24) is 10.2 Å². The highest BCUT2D eigenvalue weighted by Gasteiger charge is 2.47. The van der Waals surface area contributed by atoms with E-state index in [4.69, 9.17) is 9.47 Å². The number of ether oxygens (including phenoxy) is 2. The Hall–Kier alpha value is -1.43. The van der Waals surface area contributed by atoms with Crippen LogP contribution in [-0.2, 0) is 19.8 Å². The highest BCUT2D eigenvalue weighted by molar-refractivity contribution is 5.83. The maximum absolute atomic E-state index is 12.8. The van der Waals surface area contributed by atoms with Gasteiger partial charge in [0.1, 0.15) is 0 Å². The number of benzene rings is 1. The van der Waals surface area contributed by atoms with Gasteiger partial charge in [0.05, 0.1) is 13.2 Å². The molecule has 21 heavy (non-hydrogen) atoms. The summed E-state index contributed by atoms with van der Waals surface area (Å²) in [5.41, 5.74) is 0.0564. The number of carbonyl (C=O) groups is 1. The fraction of sp³-hybridized carbons (Fsp3) is 0.562. The second-order valence-electron chi connectivity index (χ2n) is 5.12. The van der Waals surface area contributed by atoms with Gasteiger partial charge in [-0.05, 0) is 12.5 Å². The predicted octanol–water partition coefficient (Wildman–Crippen LogP) is 0.997. The molecule has 5 nitrogen and oxygen atoms in total. The first kappa shape index (κ1) is 15.9. The maximum Gasteiger partial charge on any atom is 0.333 e. The molecule has 1 unspecified atom stereocenters. The van der Waals surface area contributed by atoms with Gasteiger partial charge < -0.3 is 14.8 Å². The summed E-state index contributed by atoms with van der Waals surface area (Å²) in [5.74, 6) is -0.236. The number of hydrogen-bond acceptors (Lipinski definition) is 5. The average Bonchev–Trinajstić information content (AvgIpc) is 2.54. The Morgan fingerprint density at radius 2 is 1.95 bits per heavy atom. The summed E-state index contributed by atoms with van der Waals surface area (Å²) in [4.78, 5) is 15.0. The molecule has 2 rings (SSSR count). The summed E-state index contributed by atoms with van der Waals surface area (Å²) >= 11 is 0. The van der Waals surface area contributed by atoms with Crippen molar-refractivity contribution in [2.24, 2.45) is 0 Å². The average molecular weight is 292 g/mol. The van der Waals surface area contributed by atoms with Crippen LogP contribution >= 0.6 is 0 Å². The maximum atomic E-state index is 12.8. The summed E-state index contributed by atoms with van der Waals surface area (Å²) < 4.78 is 10.8. The Bertz CT molecular complexity index is 446. The van der Waals surface area contributed by atoms with E-state index in [-0.39, 0.29) is 12.6 Å². The van der Waals surface area contributed by atoms with Crippen LogP contribution < -0.4 is 5.32 Å². The van der Waals surface area contributed by atoms with E-state index in [1.54, 1.807) is 7.11 Å². The van der Waals surface area contributed by atoms with E-state index in [0.29, 0.717) is 6.61 Å². The fourth-order valence-corrected chi connectivity index (χ4v) is 2.88. The van der Waals surface area contributed by atoms with Crippen molar-refractivity contribution in [3.8, 4) is 0 Å². The molecule has 0 saturated carbocycles. The normalized spacial score (nSPS) is 19.0. The number of hydrogen-bond donors (Lipinski definition) is 1. The van der Waals surface area contributed by atoms with Gasteiger partial charge >= 0.3 is 5.97 Å². The van der Waals surface area contributed by atoms with E-state index in [0.717, 1.165) is 31.7 Å². The third-order valence-electron chi connectivity index (χ3n) is 3.87. The zero-order chi connectivity index (χ0) is 15.1. The van der Waals surface area contributed by atoms with Crippen LogP contribution in [0.5, 0.6) is 0 Å². The number of nitrogens with one attached hydrogen (secondary N) is 1. The highest BCUT2D eigenvalue weighted by Crippen LogP contribution is 2.31. The molecule has 1 N–H and O–H groups in total. The SMILES string of the molecule is CCOC(=O)C(COC)(c1ccccc1)N1CCNCC1. The lowest BCUT2D eigenvalue weighted by Gasteiger charge is -2.43. The molecule has 1 aromatic rings. The van der Waals surface area contributed by atoms with Crippen molar-refractivity contribution in [1.29, 1.82) is 0 Å². The molecule has 1 aliphatic heterocycles.